The average molecular weight is 698 g/mol. The largest absolute Gasteiger partial charge is 0.436 e. The molecule has 51 heavy (non-hydrogen) atoms. The summed E-state index contributed by atoms with van der Waals surface area (Å²) in [6.45, 7) is 1.91. The standard InChI is InChI=1S/C39H31N5O6S/c1-2-35(38(47)40-28-21-19-26(20-22-28)39-43-31-16-7-9-18-34(31)50-39)51-30-15-10-14-29(24-30)41-37(46)32(42-36(45)25-11-4-3-5-12-25)23-27-13-6-8-17-33(27)44(48)49/h3-24,35H,2H2,1H3,(H,40,47)(H,41,46)(H,42,45)/b32-23+. The van der Waals surface area contributed by atoms with Crippen molar-refractivity contribution >= 4 is 63.7 Å². The molecule has 5 aromatic carbocycles. The van der Waals surface area contributed by atoms with Crippen molar-refractivity contribution in [2.24, 2.45) is 0 Å². The van der Waals surface area contributed by atoms with Crippen LogP contribution in [0.2, 0.25) is 0 Å². The Labute approximate surface area is 296 Å². The number of anilines is 2. The number of oxazole rings is 1. The molecule has 0 aliphatic rings. The van der Waals surface area contributed by atoms with Crippen molar-refractivity contribution in [3.8, 4) is 11.5 Å². The van der Waals surface area contributed by atoms with Crippen molar-refractivity contribution in [1.29, 1.82) is 0 Å². The Morgan fingerprint density at radius 2 is 1.57 bits per heavy atom. The molecule has 12 heteroatoms. The van der Waals surface area contributed by atoms with Gasteiger partial charge in [0.1, 0.15) is 11.2 Å². The van der Waals surface area contributed by atoms with Crippen LogP contribution in [0.25, 0.3) is 28.6 Å². The molecular formula is C39H31N5O6S. The molecule has 0 aliphatic carbocycles. The highest BCUT2D eigenvalue weighted by molar-refractivity contribution is 8.00. The molecule has 3 amide bonds. The van der Waals surface area contributed by atoms with Crippen LogP contribution in [0.15, 0.2) is 142 Å². The summed E-state index contributed by atoms with van der Waals surface area (Å²) in [5.41, 5.74) is 3.30. The fraction of sp³-hybridized carbons (Fsp3) is 0.0769. The van der Waals surface area contributed by atoms with E-state index in [9.17, 15) is 24.5 Å². The number of carbonyl (C=O) groups is 3. The summed E-state index contributed by atoms with van der Waals surface area (Å²) in [6, 6.07) is 35.9. The van der Waals surface area contributed by atoms with E-state index in [2.05, 4.69) is 20.9 Å². The lowest BCUT2D eigenvalue weighted by atomic mass is 10.1. The van der Waals surface area contributed by atoms with Gasteiger partial charge in [-0.15, -0.1) is 11.8 Å². The highest BCUT2D eigenvalue weighted by Crippen LogP contribution is 2.30. The maximum absolute atomic E-state index is 13.6. The van der Waals surface area contributed by atoms with E-state index in [-0.39, 0.29) is 22.9 Å². The minimum atomic E-state index is -0.689. The second kappa shape index (κ2) is 15.8. The number of nitrogens with one attached hydrogen (secondary N) is 3. The van der Waals surface area contributed by atoms with Crippen LogP contribution in [0.4, 0.5) is 17.1 Å². The average Bonchev–Trinajstić information content (AvgIpc) is 3.59. The minimum Gasteiger partial charge on any atom is -0.436 e. The van der Waals surface area contributed by atoms with Crippen molar-refractivity contribution in [3.63, 3.8) is 0 Å². The van der Waals surface area contributed by atoms with Crippen LogP contribution in [-0.2, 0) is 9.59 Å². The van der Waals surface area contributed by atoms with Crippen LogP contribution < -0.4 is 16.0 Å². The van der Waals surface area contributed by atoms with Crippen LogP contribution in [0.1, 0.15) is 29.3 Å². The summed E-state index contributed by atoms with van der Waals surface area (Å²) in [4.78, 5) is 56.3. The zero-order valence-electron chi connectivity index (χ0n) is 27.2. The smallest absolute Gasteiger partial charge is 0.276 e. The van der Waals surface area contributed by atoms with Crippen LogP contribution in [0.3, 0.4) is 0 Å². The number of nitro groups is 1. The van der Waals surface area contributed by atoms with Gasteiger partial charge in [-0.05, 0) is 85.3 Å². The van der Waals surface area contributed by atoms with E-state index in [4.69, 9.17) is 4.42 Å². The Kier molecular flexibility index (Phi) is 10.6. The zero-order valence-corrected chi connectivity index (χ0v) is 28.1. The predicted octanol–water partition coefficient (Wildman–Crippen LogP) is 8.32. The van der Waals surface area contributed by atoms with E-state index < -0.39 is 22.0 Å². The molecule has 6 aromatic rings. The molecule has 0 fully saturated rings. The Hall–Kier alpha value is -6.53. The molecule has 0 spiro atoms. The lowest BCUT2D eigenvalue weighted by Gasteiger charge is -2.16. The van der Waals surface area contributed by atoms with Crippen molar-refractivity contribution < 1.29 is 23.7 Å². The number of para-hydroxylation sites is 3. The molecule has 0 radical (unpaired) electrons. The molecule has 1 aromatic heterocycles. The Balaban J connectivity index is 1.14. The maximum Gasteiger partial charge on any atom is 0.276 e. The van der Waals surface area contributed by atoms with Gasteiger partial charge in [-0.1, -0.05) is 55.5 Å². The normalized spacial score (nSPS) is 11.8. The van der Waals surface area contributed by atoms with Gasteiger partial charge in [0.25, 0.3) is 17.5 Å². The molecule has 1 unspecified atom stereocenters. The number of nitrogens with zero attached hydrogens (tertiary/aromatic N) is 2. The summed E-state index contributed by atoms with van der Waals surface area (Å²) in [6.07, 6.45) is 1.80. The van der Waals surface area contributed by atoms with Gasteiger partial charge in [-0.25, -0.2) is 4.98 Å². The van der Waals surface area contributed by atoms with Gasteiger partial charge in [0.05, 0.1) is 15.7 Å². The molecule has 254 valence electrons. The molecule has 3 N–H and O–H groups in total. The molecule has 11 nitrogen and oxygen atoms in total. The summed E-state index contributed by atoms with van der Waals surface area (Å²) in [7, 11) is 0. The fourth-order valence-electron chi connectivity index (χ4n) is 5.12. The fourth-order valence-corrected chi connectivity index (χ4v) is 6.13. The van der Waals surface area contributed by atoms with Crippen molar-refractivity contribution in [3.05, 3.63) is 154 Å². The van der Waals surface area contributed by atoms with Gasteiger partial charge in [0.15, 0.2) is 5.58 Å². The van der Waals surface area contributed by atoms with E-state index in [0.29, 0.717) is 34.8 Å². The summed E-state index contributed by atoms with van der Waals surface area (Å²) in [5, 5.41) is 19.6. The number of hydrogen-bond donors (Lipinski definition) is 3. The first-order valence-electron chi connectivity index (χ1n) is 15.9. The molecule has 1 atom stereocenters. The lowest BCUT2D eigenvalue weighted by molar-refractivity contribution is -0.385. The van der Waals surface area contributed by atoms with Crippen molar-refractivity contribution in [2.45, 2.75) is 23.5 Å². The second-order valence-electron chi connectivity index (χ2n) is 11.2. The number of carbonyl (C=O) groups excluding carboxylic acids is 3. The number of aromatic nitrogens is 1. The van der Waals surface area contributed by atoms with Gasteiger partial charge in [0.2, 0.25) is 11.8 Å². The Morgan fingerprint density at radius 3 is 2.31 bits per heavy atom. The number of hydrogen-bond acceptors (Lipinski definition) is 8. The third-order valence-electron chi connectivity index (χ3n) is 7.69. The summed E-state index contributed by atoms with van der Waals surface area (Å²) in [5.74, 6) is -0.946. The third kappa shape index (κ3) is 8.56. The van der Waals surface area contributed by atoms with Crippen LogP contribution >= 0.6 is 11.8 Å². The molecule has 6 rings (SSSR count). The van der Waals surface area contributed by atoms with E-state index in [1.165, 1.54) is 36.0 Å². The molecule has 0 saturated heterocycles. The van der Waals surface area contributed by atoms with Gasteiger partial charge in [-0.3, -0.25) is 24.5 Å². The van der Waals surface area contributed by atoms with E-state index >= 15 is 0 Å². The minimum absolute atomic E-state index is 0.142. The Bertz CT molecular complexity index is 2220. The number of nitro benzene ring substituents is 1. The second-order valence-corrected chi connectivity index (χ2v) is 12.5. The van der Waals surface area contributed by atoms with Crippen LogP contribution in [0, 0.1) is 10.1 Å². The number of thioether (sulfide) groups is 1. The monoisotopic (exact) mass is 697 g/mol. The number of fused-ring (bicyclic) bond motifs is 1. The van der Waals surface area contributed by atoms with E-state index in [1.54, 1.807) is 66.7 Å². The number of benzene rings is 5. The van der Waals surface area contributed by atoms with Crippen molar-refractivity contribution in [1.82, 2.24) is 10.3 Å². The predicted molar refractivity (Wildman–Crippen MR) is 198 cm³/mol. The third-order valence-corrected chi connectivity index (χ3v) is 9.05. The maximum atomic E-state index is 13.6. The van der Waals surface area contributed by atoms with Gasteiger partial charge < -0.3 is 20.4 Å². The molecule has 1 heterocycles. The summed E-state index contributed by atoms with van der Waals surface area (Å²) >= 11 is 1.34. The van der Waals surface area contributed by atoms with Gasteiger partial charge >= 0.3 is 0 Å². The number of amides is 3. The van der Waals surface area contributed by atoms with Gasteiger partial charge in [-0.2, -0.15) is 0 Å². The first kappa shape index (κ1) is 34.3. The number of rotatable bonds is 12. The highest BCUT2D eigenvalue weighted by atomic mass is 32.2. The van der Waals surface area contributed by atoms with Crippen LogP contribution in [0.5, 0.6) is 0 Å². The first-order chi connectivity index (χ1) is 24.8. The Morgan fingerprint density at radius 1 is 0.843 bits per heavy atom. The molecule has 0 bridgehead atoms. The zero-order chi connectivity index (χ0) is 35.7. The topological polar surface area (TPSA) is 156 Å². The van der Waals surface area contributed by atoms with Crippen molar-refractivity contribution in [2.75, 3.05) is 10.6 Å². The molecule has 0 saturated carbocycles. The van der Waals surface area contributed by atoms with Gasteiger partial charge in [0, 0.05) is 33.5 Å². The molecule has 0 aliphatic heterocycles. The van der Waals surface area contributed by atoms with E-state index in [1.807, 2.05) is 49.4 Å². The highest BCUT2D eigenvalue weighted by Gasteiger charge is 2.21. The SMILES string of the molecule is CCC(Sc1cccc(NC(=O)/C(=C\c2ccccc2[N+](=O)[O-])NC(=O)c2ccccc2)c1)C(=O)Nc1ccc(-c2nc3ccccc3o2)cc1. The summed E-state index contributed by atoms with van der Waals surface area (Å²) < 4.78 is 5.84. The molecular weight excluding hydrogens is 667 g/mol. The van der Waals surface area contributed by atoms with Crippen LogP contribution in [-0.4, -0.2) is 32.9 Å². The first-order valence-corrected chi connectivity index (χ1v) is 16.8. The lowest BCUT2D eigenvalue weighted by Crippen LogP contribution is -2.30. The quantitative estimate of drug-likeness (QED) is 0.0499. The van der Waals surface area contributed by atoms with E-state index in [0.717, 1.165) is 16.0 Å².